The molecule has 2 aromatic carbocycles. The predicted molar refractivity (Wildman–Crippen MR) is 96.1 cm³/mol. The van der Waals surface area contributed by atoms with Crippen molar-refractivity contribution in [2.75, 3.05) is 5.32 Å². The smallest absolute Gasteiger partial charge is 0.339 e. The highest BCUT2D eigenvalue weighted by Crippen LogP contribution is 2.36. The molecule has 0 fully saturated rings. The molecule has 0 saturated carbocycles. The van der Waals surface area contributed by atoms with Gasteiger partial charge in [-0.15, -0.1) is 11.3 Å². The van der Waals surface area contributed by atoms with Crippen molar-refractivity contribution in [1.29, 1.82) is 0 Å². The van der Waals surface area contributed by atoms with Gasteiger partial charge in [-0.05, 0) is 29.8 Å². The fourth-order valence-electron chi connectivity index (χ4n) is 2.30. The summed E-state index contributed by atoms with van der Waals surface area (Å²) in [6.07, 6.45) is 0. The lowest BCUT2D eigenvalue weighted by Gasteiger charge is -2.06. The van der Waals surface area contributed by atoms with Crippen molar-refractivity contribution >= 4 is 39.8 Å². The number of carboxylic acid groups (broad SMARTS) is 1. The van der Waals surface area contributed by atoms with Gasteiger partial charge in [0.1, 0.15) is 16.4 Å². The van der Waals surface area contributed by atoms with Gasteiger partial charge in [-0.3, -0.25) is 4.79 Å². The second kappa shape index (κ2) is 7.04. The van der Waals surface area contributed by atoms with Crippen LogP contribution in [0, 0.1) is 5.82 Å². The van der Waals surface area contributed by atoms with E-state index in [0.717, 1.165) is 11.3 Å². The van der Waals surface area contributed by atoms with Crippen molar-refractivity contribution in [3.63, 3.8) is 0 Å². The van der Waals surface area contributed by atoms with E-state index in [0.29, 0.717) is 16.7 Å². The van der Waals surface area contributed by atoms with Gasteiger partial charge in [0.2, 0.25) is 0 Å². The molecule has 0 spiro atoms. The maximum Gasteiger partial charge on any atom is 0.339 e. The Morgan fingerprint density at radius 1 is 1.12 bits per heavy atom. The number of benzene rings is 2. The minimum atomic E-state index is -1.21. The van der Waals surface area contributed by atoms with Crippen molar-refractivity contribution in [2.45, 2.75) is 0 Å². The first-order chi connectivity index (χ1) is 12.0. The molecule has 0 aliphatic carbocycles. The minimum Gasteiger partial charge on any atom is -0.478 e. The average molecular weight is 376 g/mol. The number of carboxylic acids is 1. The molecule has 1 amide bonds. The number of hydrogen-bond acceptors (Lipinski definition) is 3. The number of amides is 1. The topological polar surface area (TPSA) is 66.4 Å². The summed E-state index contributed by atoms with van der Waals surface area (Å²) < 4.78 is 13.7. The van der Waals surface area contributed by atoms with E-state index in [1.165, 1.54) is 18.2 Å². The van der Waals surface area contributed by atoms with Gasteiger partial charge in [-0.2, -0.15) is 0 Å². The molecule has 0 bridgehead atoms. The maximum atomic E-state index is 13.7. The van der Waals surface area contributed by atoms with Crippen molar-refractivity contribution in [3.05, 3.63) is 75.9 Å². The molecular weight excluding hydrogens is 365 g/mol. The number of carbonyl (C=O) groups excluding carboxylic acids is 1. The molecule has 0 saturated heterocycles. The average Bonchev–Trinajstić information content (AvgIpc) is 3.02. The highest BCUT2D eigenvalue weighted by atomic mass is 35.5. The number of hydrogen-bond donors (Lipinski definition) is 2. The Labute approximate surface area is 151 Å². The summed E-state index contributed by atoms with van der Waals surface area (Å²) in [4.78, 5) is 23.9. The molecule has 2 N–H and O–H groups in total. The van der Waals surface area contributed by atoms with Gasteiger partial charge in [0.15, 0.2) is 0 Å². The molecule has 0 aliphatic heterocycles. The maximum absolute atomic E-state index is 13.7. The SMILES string of the molecule is O=C(Nc1scc(-c2ccc(Cl)c(F)c2)c1C(=O)O)c1ccccc1. The Balaban J connectivity index is 1.99. The molecule has 4 nitrogen and oxygen atoms in total. The molecule has 3 aromatic rings. The van der Waals surface area contributed by atoms with Crippen LogP contribution < -0.4 is 5.32 Å². The summed E-state index contributed by atoms with van der Waals surface area (Å²) in [6, 6.07) is 12.5. The zero-order valence-corrected chi connectivity index (χ0v) is 14.2. The van der Waals surface area contributed by atoms with Crippen LogP contribution in [0.1, 0.15) is 20.7 Å². The predicted octanol–water partition coefficient (Wildman–Crippen LogP) is 5.16. The molecule has 1 aromatic heterocycles. The molecule has 0 radical (unpaired) electrons. The summed E-state index contributed by atoms with van der Waals surface area (Å²) in [7, 11) is 0. The summed E-state index contributed by atoms with van der Waals surface area (Å²) in [5.74, 6) is -2.27. The van der Waals surface area contributed by atoms with Gasteiger partial charge in [0.05, 0.1) is 5.02 Å². The number of aromatic carboxylic acids is 1. The van der Waals surface area contributed by atoms with E-state index < -0.39 is 17.7 Å². The lowest BCUT2D eigenvalue weighted by molar-refractivity contribution is 0.0699. The molecule has 7 heteroatoms. The standard InChI is InChI=1S/C18H11ClFNO3S/c19-13-7-6-11(8-14(13)20)12-9-25-17(15(12)18(23)24)21-16(22)10-4-2-1-3-5-10/h1-9H,(H,21,22)(H,23,24). The summed E-state index contributed by atoms with van der Waals surface area (Å²) in [5.41, 5.74) is 1.01. The van der Waals surface area contributed by atoms with Crippen molar-refractivity contribution in [1.82, 2.24) is 0 Å². The minimum absolute atomic E-state index is 0.0477. The lowest BCUT2D eigenvalue weighted by atomic mass is 10.0. The Morgan fingerprint density at radius 2 is 1.84 bits per heavy atom. The van der Waals surface area contributed by atoms with Crippen LogP contribution in [0.15, 0.2) is 53.9 Å². The zero-order valence-electron chi connectivity index (χ0n) is 12.6. The van der Waals surface area contributed by atoms with Gasteiger partial charge in [-0.25, -0.2) is 9.18 Å². The first-order valence-electron chi connectivity index (χ1n) is 7.14. The van der Waals surface area contributed by atoms with E-state index >= 15 is 0 Å². The third-order valence-electron chi connectivity index (χ3n) is 3.50. The van der Waals surface area contributed by atoms with Gasteiger partial charge >= 0.3 is 5.97 Å². The summed E-state index contributed by atoms with van der Waals surface area (Å²) >= 11 is 6.73. The van der Waals surface area contributed by atoms with E-state index in [1.807, 2.05) is 0 Å². The number of rotatable bonds is 4. The van der Waals surface area contributed by atoms with Gasteiger partial charge in [-0.1, -0.05) is 35.9 Å². The lowest BCUT2D eigenvalue weighted by Crippen LogP contribution is -2.13. The van der Waals surface area contributed by atoms with Crippen LogP contribution in [0.25, 0.3) is 11.1 Å². The normalized spacial score (nSPS) is 10.5. The highest BCUT2D eigenvalue weighted by molar-refractivity contribution is 7.15. The van der Waals surface area contributed by atoms with Gasteiger partial charge in [0.25, 0.3) is 5.91 Å². The third-order valence-corrected chi connectivity index (χ3v) is 4.70. The molecule has 126 valence electrons. The molecule has 0 aliphatic rings. The molecule has 0 atom stereocenters. The van der Waals surface area contributed by atoms with E-state index in [2.05, 4.69) is 5.32 Å². The monoisotopic (exact) mass is 375 g/mol. The van der Waals surface area contributed by atoms with E-state index in [4.69, 9.17) is 11.6 Å². The van der Waals surface area contributed by atoms with Crippen molar-refractivity contribution in [3.8, 4) is 11.1 Å². The first-order valence-corrected chi connectivity index (χ1v) is 8.39. The molecule has 3 rings (SSSR count). The van der Waals surface area contributed by atoms with Crippen molar-refractivity contribution in [2.24, 2.45) is 0 Å². The largest absolute Gasteiger partial charge is 0.478 e. The van der Waals surface area contributed by atoms with Crippen LogP contribution in [0.4, 0.5) is 9.39 Å². The Morgan fingerprint density at radius 3 is 2.48 bits per heavy atom. The third kappa shape index (κ3) is 3.55. The van der Waals surface area contributed by atoms with Crippen LogP contribution in [0.2, 0.25) is 5.02 Å². The van der Waals surface area contributed by atoms with Crippen LogP contribution in [0.5, 0.6) is 0 Å². The number of anilines is 1. The fourth-order valence-corrected chi connectivity index (χ4v) is 3.38. The number of nitrogens with one attached hydrogen (secondary N) is 1. The van der Waals surface area contributed by atoms with Crippen molar-refractivity contribution < 1.29 is 19.1 Å². The number of halogens is 2. The zero-order chi connectivity index (χ0) is 18.0. The fraction of sp³-hybridized carbons (Fsp3) is 0. The molecule has 1 heterocycles. The summed E-state index contributed by atoms with van der Waals surface area (Å²) in [5, 5.41) is 13.8. The Kier molecular flexibility index (Phi) is 4.83. The highest BCUT2D eigenvalue weighted by Gasteiger charge is 2.22. The van der Waals surface area contributed by atoms with Crippen LogP contribution in [0.3, 0.4) is 0 Å². The van der Waals surface area contributed by atoms with Crippen LogP contribution in [-0.2, 0) is 0 Å². The van der Waals surface area contributed by atoms with E-state index in [1.54, 1.807) is 35.7 Å². The summed E-state index contributed by atoms with van der Waals surface area (Å²) in [6.45, 7) is 0. The first kappa shape index (κ1) is 17.1. The second-order valence-corrected chi connectivity index (χ2v) is 6.39. The Bertz CT molecular complexity index is 956. The quantitative estimate of drug-likeness (QED) is 0.662. The van der Waals surface area contributed by atoms with Crippen LogP contribution in [-0.4, -0.2) is 17.0 Å². The molecule has 25 heavy (non-hydrogen) atoms. The second-order valence-electron chi connectivity index (χ2n) is 5.11. The Hall–Kier alpha value is -2.70. The molecular formula is C18H11ClFNO3S. The van der Waals surface area contributed by atoms with Crippen LogP contribution >= 0.6 is 22.9 Å². The van der Waals surface area contributed by atoms with Gasteiger partial charge < -0.3 is 10.4 Å². The van der Waals surface area contributed by atoms with E-state index in [-0.39, 0.29) is 15.6 Å². The number of carbonyl (C=O) groups is 2. The number of thiophene rings is 1. The van der Waals surface area contributed by atoms with Gasteiger partial charge in [0, 0.05) is 16.5 Å². The van der Waals surface area contributed by atoms with E-state index in [9.17, 15) is 19.1 Å². The molecule has 0 unspecified atom stereocenters.